The molecule has 0 spiro atoms. The molecule has 2 aromatic rings. The third-order valence-corrected chi connectivity index (χ3v) is 3.64. The molecule has 0 aromatic heterocycles. The zero-order valence-corrected chi connectivity index (χ0v) is 13.8. The van der Waals surface area contributed by atoms with Crippen LogP contribution < -0.4 is 14.8 Å². The maximum atomic E-state index is 12.2. The van der Waals surface area contributed by atoms with Gasteiger partial charge >= 0.3 is 5.69 Å². The van der Waals surface area contributed by atoms with Gasteiger partial charge in [-0.3, -0.25) is 14.9 Å². The Balaban J connectivity index is 1.82. The van der Waals surface area contributed by atoms with Crippen molar-refractivity contribution in [3.05, 3.63) is 52.1 Å². The van der Waals surface area contributed by atoms with E-state index in [0.29, 0.717) is 17.9 Å². The van der Waals surface area contributed by atoms with E-state index in [1.54, 1.807) is 18.2 Å². The number of rotatable bonds is 5. The lowest BCUT2D eigenvalue weighted by Crippen LogP contribution is -2.31. The SMILES string of the molecule is CN(C)CCNC(=O)c1ccc2c(c1)Oc1c(cccc1[N+](=O)[O-])O2. The monoisotopic (exact) mass is 343 g/mol. The molecule has 0 saturated heterocycles. The molecule has 130 valence electrons. The number of fused-ring (bicyclic) bond motifs is 2. The first-order chi connectivity index (χ1) is 12.0. The van der Waals surface area contributed by atoms with Gasteiger partial charge in [0, 0.05) is 24.7 Å². The van der Waals surface area contributed by atoms with Gasteiger partial charge in [-0.25, -0.2) is 0 Å². The maximum Gasteiger partial charge on any atom is 0.315 e. The Morgan fingerprint density at radius 1 is 1.16 bits per heavy atom. The third kappa shape index (κ3) is 3.53. The average molecular weight is 343 g/mol. The molecule has 0 radical (unpaired) electrons. The number of carbonyl (C=O) groups is 1. The van der Waals surface area contributed by atoms with Gasteiger partial charge in [0.25, 0.3) is 5.91 Å². The molecule has 8 heteroatoms. The second-order valence-electron chi connectivity index (χ2n) is 5.79. The highest BCUT2D eigenvalue weighted by Crippen LogP contribution is 2.49. The Morgan fingerprint density at radius 3 is 2.68 bits per heavy atom. The predicted octanol–water partition coefficient (Wildman–Crippen LogP) is 2.78. The number of nitro benzene ring substituents is 1. The molecule has 1 heterocycles. The molecule has 1 amide bonds. The highest BCUT2D eigenvalue weighted by Gasteiger charge is 2.27. The van der Waals surface area contributed by atoms with Crippen LogP contribution in [0.5, 0.6) is 23.0 Å². The van der Waals surface area contributed by atoms with Gasteiger partial charge in [0.1, 0.15) is 0 Å². The maximum absolute atomic E-state index is 12.2. The van der Waals surface area contributed by atoms with E-state index in [9.17, 15) is 14.9 Å². The minimum absolute atomic E-state index is 0.0326. The quantitative estimate of drug-likeness (QED) is 0.565. The summed E-state index contributed by atoms with van der Waals surface area (Å²) in [7, 11) is 3.83. The van der Waals surface area contributed by atoms with Crippen molar-refractivity contribution in [2.24, 2.45) is 0 Å². The summed E-state index contributed by atoms with van der Waals surface area (Å²) in [5.74, 6) is 0.719. The number of nitro groups is 1. The van der Waals surface area contributed by atoms with Crippen molar-refractivity contribution >= 4 is 11.6 Å². The highest BCUT2D eigenvalue weighted by atomic mass is 16.6. The molecule has 8 nitrogen and oxygen atoms in total. The van der Waals surface area contributed by atoms with Crippen LogP contribution in [0, 0.1) is 10.1 Å². The van der Waals surface area contributed by atoms with Crippen molar-refractivity contribution in [1.29, 1.82) is 0 Å². The molecule has 0 aliphatic carbocycles. The van der Waals surface area contributed by atoms with Gasteiger partial charge in [0.2, 0.25) is 5.75 Å². The van der Waals surface area contributed by atoms with Gasteiger partial charge in [-0.15, -0.1) is 0 Å². The first-order valence-electron chi connectivity index (χ1n) is 7.66. The smallest absolute Gasteiger partial charge is 0.315 e. The Bertz CT molecular complexity index is 835. The number of likely N-dealkylation sites (N-methyl/N-ethyl adjacent to an activating group) is 1. The summed E-state index contributed by atoms with van der Waals surface area (Å²) in [5, 5.41) is 13.9. The van der Waals surface area contributed by atoms with Crippen LogP contribution in [-0.4, -0.2) is 42.9 Å². The number of nitrogens with one attached hydrogen (secondary N) is 1. The molecule has 1 aliphatic rings. The molecule has 2 aromatic carbocycles. The number of nitrogens with zero attached hydrogens (tertiary/aromatic N) is 2. The summed E-state index contributed by atoms with van der Waals surface area (Å²) in [6.45, 7) is 1.23. The van der Waals surface area contributed by atoms with Gasteiger partial charge in [-0.2, -0.15) is 0 Å². The summed E-state index contributed by atoms with van der Waals surface area (Å²) in [6, 6.07) is 9.20. The standard InChI is InChI=1S/C17H17N3O5/c1-19(2)9-8-18-17(21)11-6-7-13-15(10-11)25-16-12(20(22)23)4-3-5-14(16)24-13/h3-7,10H,8-9H2,1-2H3,(H,18,21). The number of ether oxygens (including phenoxy) is 2. The lowest BCUT2D eigenvalue weighted by Gasteiger charge is -2.20. The molecular formula is C17H17N3O5. The van der Waals surface area contributed by atoms with E-state index in [1.165, 1.54) is 18.2 Å². The highest BCUT2D eigenvalue weighted by molar-refractivity contribution is 5.95. The van der Waals surface area contributed by atoms with Gasteiger partial charge < -0.3 is 19.7 Å². The topological polar surface area (TPSA) is 93.9 Å². The lowest BCUT2D eigenvalue weighted by atomic mass is 10.1. The Kier molecular flexibility index (Phi) is 4.53. The van der Waals surface area contributed by atoms with Gasteiger partial charge in [0.05, 0.1) is 4.92 Å². The van der Waals surface area contributed by atoms with Crippen LogP contribution in [0.2, 0.25) is 0 Å². The molecule has 0 bridgehead atoms. The summed E-state index contributed by atoms with van der Waals surface area (Å²) in [4.78, 5) is 24.8. The fourth-order valence-electron chi connectivity index (χ4n) is 2.37. The van der Waals surface area contributed by atoms with Crippen molar-refractivity contribution in [2.45, 2.75) is 0 Å². The summed E-state index contributed by atoms with van der Waals surface area (Å²) in [5.41, 5.74) is 0.201. The first-order valence-corrected chi connectivity index (χ1v) is 7.66. The molecule has 25 heavy (non-hydrogen) atoms. The molecule has 1 N–H and O–H groups in total. The molecule has 0 unspecified atom stereocenters. The number of hydrogen-bond donors (Lipinski definition) is 1. The molecular weight excluding hydrogens is 326 g/mol. The first kappa shape index (κ1) is 16.7. The molecule has 1 aliphatic heterocycles. The van der Waals surface area contributed by atoms with Crippen LogP contribution in [0.3, 0.4) is 0 Å². The summed E-state index contributed by atoms with van der Waals surface area (Å²) < 4.78 is 11.3. The number of hydrogen-bond acceptors (Lipinski definition) is 6. The second kappa shape index (κ2) is 6.78. The average Bonchev–Trinajstić information content (AvgIpc) is 2.58. The fourth-order valence-corrected chi connectivity index (χ4v) is 2.37. The minimum Gasteiger partial charge on any atom is -0.449 e. The van der Waals surface area contributed by atoms with E-state index >= 15 is 0 Å². The van der Waals surface area contributed by atoms with Crippen LogP contribution in [0.15, 0.2) is 36.4 Å². The van der Waals surface area contributed by atoms with Gasteiger partial charge in [0.15, 0.2) is 17.2 Å². The number of amides is 1. The molecule has 0 fully saturated rings. The zero-order valence-electron chi connectivity index (χ0n) is 13.8. The fraction of sp³-hybridized carbons (Fsp3) is 0.235. The van der Waals surface area contributed by atoms with E-state index < -0.39 is 4.92 Å². The summed E-state index contributed by atoms with van der Waals surface area (Å²) in [6.07, 6.45) is 0. The Hall–Kier alpha value is -3.13. The third-order valence-electron chi connectivity index (χ3n) is 3.64. The van der Waals surface area contributed by atoms with Gasteiger partial charge in [-0.1, -0.05) is 6.07 Å². The van der Waals surface area contributed by atoms with Crippen LogP contribution >= 0.6 is 0 Å². The van der Waals surface area contributed by atoms with Crippen LogP contribution in [0.4, 0.5) is 5.69 Å². The normalized spacial score (nSPS) is 11.8. The molecule has 3 rings (SSSR count). The van der Waals surface area contributed by atoms with Crippen molar-refractivity contribution in [3.63, 3.8) is 0 Å². The van der Waals surface area contributed by atoms with E-state index in [0.717, 1.165) is 6.54 Å². The van der Waals surface area contributed by atoms with Crippen LogP contribution in [0.1, 0.15) is 10.4 Å². The van der Waals surface area contributed by atoms with E-state index in [2.05, 4.69) is 5.32 Å². The Labute approximate surface area is 144 Å². The van der Waals surface area contributed by atoms with Crippen molar-refractivity contribution in [2.75, 3.05) is 27.2 Å². The van der Waals surface area contributed by atoms with Crippen molar-refractivity contribution in [1.82, 2.24) is 10.2 Å². The van der Waals surface area contributed by atoms with Crippen LogP contribution in [0.25, 0.3) is 0 Å². The molecule has 0 atom stereocenters. The van der Waals surface area contributed by atoms with Crippen LogP contribution in [-0.2, 0) is 0 Å². The number of para-hydroxylation sites is 1. The largest absolute Gasteiger partial charge is 0.449 e. The van der Waals surface area contributed by atoms with Crippen molar-refractivity contribution < 1.29 is 19.2 Å². The van der Waals surface area contributed by atoms with Gasteiger partial charge in [-0.05, 0) is 38.4 Å². The number of benzene rings is 2. The molecule has 0 saturated carbocycles. The summed E-state index contributed by atoms with van der Waals surface area (Å²) >= 11 is 0. The predicted molar refractivity (Wildman–Crippen MR) is 90.6 cm³/mol. The minimum atomic E-state index is -0.537. The number of carbonyl (C=O) groups excluding carboxylic acids is 1. The van der Waals surface area contributed by atoms with E-state index in [4.69, 9.17) is 9.47 Å². The zero-order chi connectivity index (χ0) is 18.0. The van der Waals surface area contributed by atoms with Crippen molar-refractivity contribution in [3.8, 4) is 23.0 Å². The Morgan fingerprint density at radius 2 is 1.96 bits per heavy atom. The lowest BCUT2D eigenvalue weighted by molar-refractivity contribution is -0.385. The second-order valence-corrected chi connectivity index (χ2v) is 5.79. The van der Waals surface area contributed by atoms with E-state index in [-0.39, 0.29) is 28.8 Å². The van der Waals surface area contributed by atoms with E-state index in [1.807, 2.05) is 19.0 Å².